The molecule has 148 valence electrons. The number of rotatable bonds is 8. The van der Waals surface area contributed by atoms with Gasteiger partial charge < -0.3 is 10.6 Å². The highest BCUT2D eigenvalue weighted by Gasteiger charge is 2.36. The van der Waals surface area contributed by atoms with Crippen LogP contribution in [0.2, 0.25) is 0 Å². The van der Waals surface area contributed by atoms with Crippen molar-refractivity contribution < 1.29 is 9.59 Å². The van der Waals surface area contributed by atoms with Crippen molar-refractivity contribution in [1.82, 2.24) is 15.5 Å². The van der Waals surface area contributed by atoms with E-state index in [0.717, 1.165) is 19.4 Å². The van der Waals surface area contributed by atoms with Crippen molar-refractivity contribution in [2.24, 2.45) is 0 Å². The lowest BCUT2D eigenvalue weighted by atomic mass is 10.1. The molecule has 27 heavy (non-hydrogen) atoms. The van der Waals surface area contributed by atoms with Crippen molar-refractivity contribution in [3.63, 3.8) is 0 Å². The molecule has 2 amide bonds. The fourth-order valence-corrected chi connectivity index (χ4v) is 3.45. The summed E-state index contributed by atoms with van der Waals surface area (Å²) in [5.41, 5.74) is 3.15. The van der Waals surface area contributed by atoms with Crippen molar-refractivity contribution in [2.75, 3.05) is 19.6 Å². The van der Waals surface area contributed by atoms with Crippen LogP contribution in [0.4, 0.5) is 0 Å². The third-order valence-electron chi connectivity index (χ3n) is 4.88. The Hall–Kier alpha value is -2.14. The molecule has 0 aromatic heterocycles. The highest BCUT2D eigenvalue weighted by atomic mass is 16.2. The number of allylic oxidation sites excluding steroid dienone is 1. The van der Waals surface area contributed by atoms with E-state index in [9.17, 15) is 9.59 Å². The van der Waals surface area contributed by atoms with Gasteiger partial charge >= 0.3 is 0 Å². The van der Waals surface area contributed by atoms with Gasteiger partial charge in [0.05, 0.1) is 6.04 Å². The number of carbonyl (C=O) groups excluding carboxylic acids is 2. The highest BCUT2D eigenvalue weighted by molar-refractivity contribution is 5.94. The number of hydrogen-bond donors (Lipinski definition) is 2. The summed E-state index contributed by atoms with van der Waals surface area (Å²) in [5.74, 6) is -0.0258. The fourth-order valence-electron chi connectivity index (χ4n) is 3.45. The summed E-state index contributed by atoms with van der Waals surface area (Å²) in [4.78, 5) is 27.2. The van der Waals surface area contributed by atoms with E-state index in [-0.39, 0.29) is 23.9 Å². The van der Waals surface area contributed by atoms with Gasteiger partial charge in [0.1, 0.15) is 0 Å². The maximum absolute atomic E-state index is 12.6. The molecule has 1 saturated heterocycles. The number of nitrogens with one attached hydrogen (secondary N) is 2. The molecule has 2 atom stereocenters. The van der Waals surface area contributed by atoms with Crippen LogP contribution in [0.5, 0.6) is 0 Å². The molecular formula is C22H33N3O2. The summed E-state index contributed by atoms with van der Waals surface area (Å²) < 4.78 is 0. The van der Waals surface area contributed by atoms with Crippen molar-refractivity contribution in [3.05, 3.63) is 47.0 Å². The second-order valence-corrected chi connectivity index (χ2v) is 7.50. The molecule has 0 aliphatic carbocycles. The summed E-state index contributed by atoms with van der Waals surface area (Å²) in [7, 11) is 0. The van der Waals surface area contributed by atoms with Gasteiger partial charge in [0.25, 0.3) is 5.91 Å². The summed E-state index contributed by atoms with van der Waals surface area (Å²) in [6.45, 7) is 10.2. The maximum atomic E-state index is 12.6. The Balaban J connectivity index is 2.01. The van der Waals surface area contributed by atoms with Gasteiger partial charge in [-0.05, 0) is 51.3 Å². The number of nitrogens with zero attached hydrogens (tertiary/aromatic N) is 1. The first-order chi connectivity index (χ1) is 12.9. The Morgan fingerprint density at radius 1 is 1.19 bits per heavy atom. The third-order valence-corrected chi connectivity index (χ3v) is 4.88. The average molecular weight is 372 g/mol. The number of aryl methyl sites for hydroxylation is 1. The summed E-state index contributed by atoms with van der Waals surface area (Å²) in [5, 5.41) is 6.02. The number of hydrogen-bond acceptors (Lipinski definition) is 3. The minimum absolute atomic E-state index is 0.0222. The molecule has 1 heterocycles. The molecule has 0 unspecified atom stereocenters. The van der Waals surface area contributed by atoms with Gasteiger partial charge in [0.15, 0.2) is 0 Å². The van der Waals surface area contributed by atoms with Crippen LogP contribution in [0.1, 0.15) is 56.5 Å². The molecule has 5 nitrogen and oxygen atoms in total. The van der Waals surface area contributed by atoms with Crippen molar-refractivity contribution in [3.8, 4) is 0 Å². The maximum Gasteiger partial charge on any atom is 0.251 e. The molecule has 1 aliphatic heterocycles. The normalized spacial score (nSPS) is 19.6. The van der Waals surface area contributed by atoms with E-state index in [0.29, 0.717) is 25.1 Å². The molecule has 1 aromatic rings. The first-order valence-corrected chi connectivity index (χ1v) is 9.99. The van der Waals surface area contributed by atoms with E-state index in [4.69, 9.17) is 0 Å². The predicted molar refractivity (Wildman–Crippen MR) is 110 cm³/mol. The smallest absolute Gasteiger partial charge is 0.251 e. The number of likely N-dealkylation sites (tertiary alicyclic amines) is 1. The first kappa shape index (κ1) is 21.2. The number of carbonyl (C=O) groups is 2. The SMILES string of the molecule is CCCc1ccc(C(=O)N[C@@H]2C[C@@H](C(=O)NCC)N(CC=C(C)C)C2)cc1. The van der Waals surface area contributed by atoms with Crippen LogP contribution < -0.4 is 10.6 Å². The predicted octanol–water partition coefficient (Wildman–Crippen LogP) is 2.91. The van der Waals surface area contributed by atoms with E-state index >= 15 is 0 Å². The average Bonchev–Trinajstić information content (AvgIpc) is 3.04. The lowest BCUT2D eigenvalue weighted by Crippen LogP contribution is -2.43. The minimum atomic E-state index is -0.196. The van der Waals surface area contributed by atoms with Gasteiger partial charge in [-0.25, -0.2) is 0 Å². The van der Waals surface area contributed by atoms with Crippen LogP contribution in [0.3, 0.4) is 0 Å². The lowest BCUT2D eigenvalue weighted by molar-refractivity contribution is -0.125. The molecule has 5 heteroatoms. The fraction of sp³-hybridized carbons (Fsp3) is 0.545. The van der Waals surface area contributed by atoms with Crippen LogP contribution in [0.25, 0.3) is 0 Å². The molecule has 1 fully saturated rings. The van der Waals surface area contributed by atoms with Gasteiger partial charge in [0, 0.05) is 31.2 Å². The molecule has 0 bridgehead atoms. The van der Waals surface area contributed by atoms with Gasteiger partial charge in [-0.15, -0.1) is 0 Å². The van der Waals surface area contributed by atoms with Gasteiger partial charge in [-0.3, -0.25) is 14.5 Å². The summed E-state index contributed by atoms with van der Waals surface area (Å²) in [6, 6.07) is 7.59. The van der Waals surface area contributed by atoms with Crippen LogP contribution in [0.15, 0.2) is 35.9 Å². The number of amides is 2. The van der Waals surface area contributed by atoms with E-state index in [2.05, 4.69) is 42.4 Å². The molecule has 1 aromatic carbocycles. The first-order valence-electron chi connectivity index (χ1n) is 9.99. The Kier molecular flexibility index (Phi) is 8.04. The van der Waals surface area contributed by atoms with Crippen LogP contribution in [-0.2, 0) is 11.2 Å². The molecule has 0 radical (unpaired) electrons. The Morgan fingerprint density at radius 3 is 2.48 bits per heavy atom. The van der Waals surface area contributed by atoms with Crippen molar-refractivity contribution in [2.45, 2.75) is 59.0 Å². The minimum Gasteiger partial charge on any atom is -0.355 e. The largest absolute Gasteiger partial charge is 0.355 e. The van der Waals surface area contributed by atoms with Gasteiger partial charge in [0.2, 0.25) is 5.91 Å². The van der Waals surface area contributed by atoms with E-state index in [1.807, 2.05) is 31.2 Å². The van der Waals surface area contributed by atoms with Gasteiger partial charge in [-0.2, -0.15) is 0 Å². The second-order valence-electron chi connectivity index (χ2n) is 7.50. The molecular weight excluding hydrogens is 338 g/mol. The molecule has 2 rings (SSSR count). The monoisotopic (exact) mass is 371 g/mol. The summed E-state index contributed by atoms with van der Waals surface area (Å²) in [6.07, 6.45) is 4.89. The molecule has 0 saturated carbocycles. The Labute approximate surface area is 163 Å². The van der Waals surface area contributed by atoms with E-state index in [1.165, 1.54) is 11.1 Å². The van der Waals surface area contributed by atoms with Crippen LogP contribution in [0, 0.1) is 0 Å². The van der Waals surface area contributed by atoms with Crippen molar-refractivity contribution in [1.29, 1.82) is 0 Å². The topological polar surface area (TPSA) is 61.4 Å². The summed E-state index contributed by atoms with van der Waals surface area (Å²) >= 11 is 0. The second kappa shape index (κ2) is 10.3. The molecule has 1 aliphatic rings. The zero-order valence-electron chi connectivity index (χ0n) is 17.0. The zero-order valence-corrected chi connectivity index (χ0v) is 17.0. The number of benzene rings is 1. The Bertz CT molecular complexity index is 663. The number of likely N-dealkylation sites (N-methyl/N-ethyl adjacent to an activating group) is 1. The standard InChI is InChI=1S/C22H33N3O2/c1-5-7-17-8-10-18(11-9-17)21(26)24-19-14-20(22(27)23-6-2)25(15-19)13-12-16(3)4/h8-12,19-20H,5-7,13-15H2,1-4H3,(H,23,27)(H,24,26)/t19-,20+/m1/s1. The van der Waals surface area contributed by atoms with E-state index < -0.39 is 0 Å². The third kappa shape index (κ3) is 6.21. The Morgan fingerprint density at radius 2 is 1.89 bits per heavy atom. The van der Waals surface area contributed by atoms with E-state index in [1.54, 1.807) is 0 Å². The molecule has 2 N–H and O–H groups in total. The quantitative estimate of drug-likeness (QED) is 0.691. The molecule has 0 spiro atoms. The van der Waals surface area contributed by atoms with Crippen LogP contribution >= 0.6 is 0 Å². The van der Waals surface area contributed by atoms with Crippen LogP contribution in [-0.4, -0.2) is 48.4 Å². The highest BCUT2D eigenvalue weighted by Crippen LogP contribution is 2.19. The zero-order chi connectivity index (χ0) is 19.8. The van der Waals surface area contributed by atoms with Gasteiger partial charge in [-0.1, -0.05) is 37.1 Å². The lowest BCUT2D eigenvalue weighted by Gasteiger charge is -2.21. The van der Waals surface area contributed by atoms with Crippen molar-refractivity contribution >= 4 is 11.8 Å².